The number of carbonyl (C=O) groups excluding carboxylic acids is 1. The summed E-state index contributed by atoms with van der Waals surface area (Å²) < 4.78 is 42.5. The summed E-state index contributed by atoms with van der Waals surface area (Å²) in [4.78, 5) is 12.5. The number of piperidine rings is 1. The summed E-state index contributed by atoms with van der Waals surface area (Å²) in [7, 11) is -3.93. The third kappa shape index (κ3) is 5.15. The van der Waals surface area contributed by atoms with Crippen molar-refractivity contribution in [2.45, 2.75) is 37.6 Å². The highest BCUT2D eigenvalue weighted by Gasteiger charge is 2.33. The minimum Gasteiger partial charge on any atom is -0.311 e. The molecular weight excluding hydrogens is 443 g/mol. The standard InChI is InChI=1S/C24H27FN4O3S/c1-2-18-7-9-19(10-8-18)17-29-23(11-14-26-29)27-24(30)20-12-15-28(16-13-20)33(31,32)22-6-4-3-5-21(22)25/h3-11,14,20H,2,12-13,15-17H2,1H3,(H,27,30). The molecule has 0 unspecified atom stereocenters. The lowest BCUT2D eigenvalue weighted by Gasteiger charge is -2.30. The van der Waals surface area contributed by atoms with Gasteiger partial charge in [0.1, 0.15) is 16.5 Å². The monoisotopic (exact) mass is 470 g/mol. The third-order valence-electron chi connectivity index (χ3n) is 6.01. The fourth-order valence-corrected chi connectivity index (χ4v) is 5.53. The largest absolute Gasteiger partial charge is 0.311 e. The normalized spacial score (nSPS) is 15.5. The van der Waals surface area contributed by atoms with Crippen molar-refractivity contribution in [2.75, 3.05) is 18.4 Å². The minimum atomic E-state index is -3.93. The SMILES string of the molecule is CCc1ccc(Cn2nccc2NC(=O)C2CCN(S(=O)(=O)c3ccccc3F)CC2)cc1. The number of halogens is 1. The number of aryl methyl sites for hydroxylation is 1. The second kappa shape index (κ2) is 9.84. The first-order valence-electron chi connectivity index (χ1n) is 11.0. The van der Waals surface area contributed by atoms with Crippen LogP contribution in [0.25, 0.3) is 0 Å². The Morgan fingerprint density at radius 1 is 1.06 bits per heavy atom. The zero-order valence-corrected chi connectivity index (χ0v) is 19.3. The van der Waals surface area contributed by atoms with Crippen molar-refractivity contribution in [1.29, 1.82) is 0 Å². The fourth-order valence-electron chi connectivity index (χ4n) is 4.00. The van der Waals surface area contributed by atoms with Gasteiger partial charge in [-0.1, -0.05) is 43.3 Å². The first kappa shape index (κ1) is 23.1. The van der Waals surface area contributed by atoms with E-state index in [0.717, 1.165) is 18.1 Å². The molecule has 0 atom stereocenters. The van der Waals surface area contributed by atoms with Gasteiger partial charge in [-0.25, -0.2) is 17.5 Å². The number of amides is 1. The van der Waals surface area contributed by atoms with Crippen molar-refractivity contribution >= 4 is 21.7 Å². The highest BCUT2D eigenvalue weighted by Crippen LogP contribution is 2.26. The number of anilines is 1. The lowest BCUT2D eigenvalue weighted by Crippen LogP contribution is -2.41. The number of sulfonamides is 1. The summed E-state index contributed by atoms with van der Waals surface area (Å²) in [5, 5.41) is 7.25. The molecule has 1 aliphatic rings. The summed E-state index contributed by atoms with van der Waals surface area (Å²) in [5.41, 5.74) is 2.34. The number of hydrogen-bond donors (Lipinski definition) is 1. The van der Waals surface area contributed by atoms with E-state index in [2.05, 4.69) is 41.6 Å². The molecule has 2 heterocycles. The molecule has 1 aliphatic heterocycles. The molecule has 174 valence electrons. The lowest BCUT2D eigenvalue weighted by atomic mass is 9.97. The van der Waals surface area contributed by atoms with Crippen molar-refractivity contribution in [1.82, 2.24) is 14.1 Å². The lowest BCUT2D eigenvalue weighted by molar-refractivity contribution is -0.121. The summed E-state index contributed by atoms with van der Waals surface area (Å²) in [5.74, 6) is -0.666. The zero-order chi connectivity index (χ0) is 23.4. The molecule has 9 heteroatoms. The average Bonchev–Trinajstić information content (AvgIpc) is 3.26. The second-order valence-corrected chi connectivity index (χ2v) is 10.0. The first-order valence-corrected chi connectivity index (χ1v) is 12.5. The van der Waals surface area contributed by atoms with Gasteiger partial charge in [-0.2, -0.15) is 9.40 Å². The van der Waals surface area contributed by atoms with E-state index < -0.39 is 15.8 Å². The number of benzene rings is 2. The van der Waals surface area contributed by atoms with Gasteiger partial charge in [0.25, 0.3) is 0 Å². The summed E-state index contributed by atoms with van der Waals surface area (Å²) >= 11 is 0. The number of nitrogens with one attached hydrogen (secondary N) is 1. The predicted octanol–water partition coefficient (Wildman–Crippen LogP) is 3.67. The molecule has 33 heavy (non-hydrogen) atoms. The van der Waals surface area contributed by atoms with E-state index in [9.17, 15) is 17.6 Å². The summed E-state index contributed by atoms with van der Waals surface area (Å²) in [6.45, 7) is 2.97. The van der Waals surface area contributed by atoms with Gasteiger partial charge in [-0.15, -0.1) is 0 Å². The van der Waals surface area contributed by atoms with Crippen LogP contribution in [0.4, 0.5) is 10.2 Å². The first-order chi connectivity index (χ1) is 15.9. The third-order valence-corrected chi connectivity index (χ3v) is 7.94. The van der Waals surface area contributed by atoms with Crippen LogP contribution in [-0.2, 0) is 27.8 Å². The number of aromatic nitrogens is 2. The van der Waals surface area contributed by atoms with Gasteiger partial charge in [0, 0.05) is 25.1 Å². The molecule has 0 radical (unpaired) electrons. The van der Waals surface area contributed by atoms with Gasteiger partial charge < -0.3 is 5.32 Å². The van der Waals surface area contributed by atoms with Gasteiger partial charge in [-0.05, 0) is 42.5 Å². The highest BCUT2D eigenvalue weighted by atomic mass is 32.2. The van der Waals surface area contributed by atoms with Crippen LogP contribution in [0.5, 0.6) is 0 Å². The van der Waals surface area contributed by atoms with Crippen molar-refractivity contribution in [3.63, 3.8) is 0 Å². The molecule has 0 saturated carbocycles. The number of hydrogen-bond acceptors (Lipinski definition) is 4. The summed E-state index contributed by atoms with van der Waals surface area (Å²) in [6.07, 6.45) is 3.35. The number of nitrogens with zero attached hydrogens (tertiary/aromatic N) is 3. The van der Waals surface area contributed by atoms with E-state index in [0.29, 0.717) is 25.2 Å². The van der Waals surface area contributed by atoms with Crippen molar-refractivity contribution in [3.05, 3.63) is 77.7 Å². The maximum Gasteiger partial charge on any atom is 0.245 e. The van der Waals surface area contributed by atoms with Gasteiger partial charge in [-0.3, -0.25) is 4.79 Å². The van der Waals surface area contributed by atoms with Crippen molar-refractivity contribution in [2.24, 2.45) is 5.92 Å². The van der Waals surface area contributed by atoms with Crippen LogP contribution in [0.2, 0.25) is 0 Å². The number of carbonyl (C=O) groups is 1. The minimum absolute atomic E-state index is 0.164. The van der Waals surface area contributed by atoms with Crippen LogP contribution in [0, 0.1) is 11.7 Å². The Morgan fingerprint density at radius 3 is 2.39 bits per heavy atom. The van der Waals surface area contributed by atoms with Crippen LogP contribution >= 0.6 is 0 Å². The molecule has 0 bridgehead atoms. The Balaban J connectivity index is 1.36. The maximum absolute atomic E-state index is 14.0. The topological polar surface area (TPSA) is 84.3 Å². The van der Waals surface area contributed by atoms with E-state index in [1.54, 1.807) is 16.9 Å². The molecule has 1 N–H and O–H groups in total. The Morgan fingerprint density at radius 2 is 1.73 bits per heavy atom. The molecule has 2 aromatic carbocycles. The van der Waals surface area contributed by atoms with Crippen LogP contribution < -0.4 is 5.32 Å². The number of rotatable bonds is 7. The molecule has 1 fully saturated rings. The fraction of sp³-hybridized carbons (Fsp3) is 0.333. The molecule has 0 aliphatic carbocycles. The molecular formula is C24H27FN4O3S. The maximum atomic E-state index is 14.0. The van der Waals surface area contributed by atoms with Crippen LogP contribution in [0.3, 0.4) is 0 Å². The van der Waals surface area contributed by atoms with Crippen molar-refractivity contribution < 1.29 is 17.6 Å². The molecule has 3 aromatic rings. The van der Waals surface area contributed by atoms with E-state index >= 15 is 0 Å². The molecule has 1 aromatic heterocycles. The molecule has 1 amide bonds. The van der Waals surface area contributed by atoms with E-state index in [4.69, 9.17) is 0 Å². The van der Waals surface area contributed by atoms with E-state index in [1.165, 1.54) is 28.1 Å². The molecule has 0 spiro atoms. The Labute approximate surface area is 193 Å². The predicted molar refractivity (Wildman–Crippen MR) is 124 cm³/mol. The van der Waals surface area contributed by atoms with Crippen LogP contribution in [-0.4, -0.2) is 41.5 Å². The smallest absolute Gasteiger partial charge is 0.245 e. The Bertz CT molecular complexity index is 1220. The average molecular weight is 471 g/mol. The van der Waals surface area contributed by atoms with Crippen LogP contribution in [0.1, 0.15) is 30.9 Å². The molecule has 4 rings (SSSR count). The highest BCUT2D eigenvalue weighted by molar-refractivity contribution is 7.89. The Kier molecular flexibility index (Phi) is 6.90. The van der Waals surface area contributed by atoms with Gasteiger partial charge in [0.15, 0.2) is 0 Å². The Hall–Kier alpha value is -3.04. The summed E-state index contributed by atoms with van der Waals surface area (Å²) in [6, 6.07) is 15.4. The van der Waals surface area contributed by atoms with E-state index in [1.807, 2.05) is 0 Å². The molecule has 1 saturated heterocycles. The molecule has 7 nitrogen and oxygen atoms in total. The van der Waals surface area contributed by atoms with Gasteiger partial charge in [0.05, 0.1) is 12.7 Å². The van der Waals surface area contributed by atoms with E-state index in [-0.39, 0.29) is 29.8 Å². The zero-order valence-electron chi connectivity index (χ0n) is 18.4. The van der Waals surface area contributed by atoms with Crippen LogP contribution in [0.15, 0.2) is 65.7 Å². The van der Waals surface area contributed by atoms with Crippen molar-refractivity contribution in [3.8, 4) is 0 Å². The second-order valence-electron chi connectivity index (χ2n) is 8.14. The van der Waals surface area contributed by atoms with Gasteiger partial charge >= 0.3 is 0 Å². The van der Waals surface area contributed by atoms with Gasteiger partial charge in [0.2, 0.25) is 15.9 Å². The quantitative estimate of drug-likeness (QED) is 0.571.